The van der Waals surface area contributed by atoms with Gasteiger partial charge in [0.2, 0.25) is 0 Å². The van der Waals surface area contributed by atoms with Crippen molar-refractivity contribution < 1.29 is 4.79 Å². The van der Waals surface area contributed by atoms with E-state index in [0.29, 0.717) is 22.4 Å². The Labute approximate surface area is 115 Å². The summed E-state index contributed by atoms with van der Waals surface area (Å²) < 4.78 is 0. The standard InChI is InChI=1S/C12H15N5OS/c1-7(2)9-6-19-12(15-9)16-11(18)8-4-3-5-14-10(8)17-13/h3-7H,13H2,1-2H3,(H,14,17)(H,15,16,18). The summed E-state index contributed by atoms with van der Waals surface area (Å²) in [7, 11) is 0. The molecule has 4 N–H and O–H groups in total. The zero-order valence-corrected chi connectivity index (χ0v) is 11.5. The predicted molar refractivity (Wildman–Crippen MR) is 76.2 cm³/mol. The van der Waals surface area contributed by atoms with Gasteiger partial charge in [0.1, 0.15) is 0 Å². The van der Waals surface area contributed by atoms with Crippen LogP contribution in [0.15, 0.2) is 23.7 Å². The van der Waals surface area contributed by atoms with Crippen LogP contribution in [0.1, 0.15) is 35.8 Å². The highest BCUT2D eigenvalue weighted by atomic mass is 32.1. The molecule has 0 bridgehead atoms. The van der Waals surface area contributed by atoms with Crippen molar-refractivity contribution in [1.82, 2.24) is 9.97 Å². The highest BCUT2D eigenvalue weighted by Gasteiger charge is 2.14. The molecule has 2 heterocycles. The van der Waals surface area contributed by atoms with Gasteiger partial charge in [-0.2, -0.15) is 0 Å². The second-order valence-electron chi connectivity index (χ2n) is 4.23. The molecule has 2 rings (SSSR count). The normalized spacial score (nSPS) is 10.5. The van der Waals surface area contributed by atoms with E-state index in [4.69, 9.17) is 5.84 Å². The first-order valence-electron chi connectivity index (χ1n) is 5.80. The molecule has 19 heavy (non-hydrogen) atoms. The lowest BCUT2D eigenvalue weighted by molar-refractivity contribution is 0.102. The van der Waals surface area contributed by atoms with Crippen LogP contribution in [0.4, 0.5) is 10.9 Å². The van der Waals surface area contributed by atoms with Crippen molar-refractivity contribution in [2.24, 2.45) is 5.84 Å². The third-order valence-electron chi connectivity index (χ3n) is 2.52. The SMILES string of the molecule is CC(C)c1csc(NC(=O)c2cccnc2NN)n1. The molecule has 6 nitrogen and oxygen atoms in total. The molecule has 0 aliphatic carbocycles. The number of hydrogen-bond donors (Lipinski definition) is 3. The smallest absolute Gasteiger partial charge is 0.261 e. The monoisotopic (exact) mass is 277 g/mol. The largest absolute Gasteiger partial charge is 0.308 e. The van der Waals surface area contributed by atoms with Gasteiger partial charge in [-0.3, -0.25) is 10.1 Å². The number of pyridine rings is 1. The van der Waals surface area contributed by atoms with Crippen LogP contribution < -0.4 is 16.6 Å². The molecular weight excluding hydrogens is 262 g/mol. The minimum Gasteiger partial charge on any atom is -0.308 e. The van der Waals surface area contributed by atoms with Gasteiger partial charge in [0.15, 0.2) is 10.9 Å². The number of thiazole rings is 1. The molecule has 0 aliphatic rings. The molecule has 0 aliphatic heterocycles. The molecule has 0 atom stereocenters. The summed E-state index contributed by atoms with van der Waals surface area (Å²) in [5.41, 5.74) is 3.74. The van der Waals surface area contributed by atoms with Gasteiger partial charge in [-0.05, 0) is 18.1 Å². The minimum absolute atomic E-state index is 0.286. The molecule has 2 aromatic rings. The number of nitrogens with zero attached hydrogens (tertiary/aromatic N) is 2. The van der Waals surface area contributed by atoms with Crippen LogP contribution >= 0.6 is 11.3 Å². The maximum atomic E-state index is 12.1. The molecule has 7 heteroatoms. The van der Waals surface area contributed by atoms with Gasteiger partial charge in [-0.15, -0.1) is 11.3 Å². The van der Waals surface area contributed by atoms with E-state index in [2.05, 4.69) is 34.6 Å². The topological polar surface area (TPSA) is 92.9 Å². The molecule has 0 saturated carbocycles. The zero-order valence-electron chi connectivity index (χ0n) is 10.7. The molecule has 0 fully saturated rings. The van der Waals surface area contributed by atoms with Gasteiger partial charge in [-0.25, -0.2) is 15.8 Å². The average Bonchev–Trinajstić information content (AvgIpc) is 2.87. The number of nitrogens with two attached hydrogens (primary N) is 1. The van der Waals surface area contributed by atoms with Crippen LogP contribution in [-0.4, -0.2) is 15.9 Å². The van der Waals surface area contributed by atoms with Gasteiger partial charge in [0.05, 0.1) is 11.3 Å². The lowest BCUT2D eigenvalue weighted by atomic mass is 10.2. The third kappa shape index (κ3) is 3.07. The van der Waals surface area contributed by atoms with Gasteiger partial charge in [0.25, 0.3) is 5.91 Å². The average molecular weight is 277 g/mol. The quantitative estimate of drug-likeness (QED) is 0.588. The van der Waals surface area contributed by atoms with Crippen LogP contribution in [0.3, 0.4) is 0 Å². The van der Waals surface area contributed by atoms with Gasteiger partial charge < -0.3 is 5.43 Å². The van der Waals surface area contributed by atoms with E-state index >= 15 is 0 Å². The van der Waals surface area contributed by atoms with E-state index in [1.807, 2.05) is 5.38 Å². The Balaban J connectivity index is 2.16. The van der Waals surface area contributed by atoms with Crippen LogP contribution in [0.5, 0.6) is 0 Å². The fourth-order valence-electron chi connectivity index (χ4n) is 1.48. The predicted octanol–water partition coefficient (Wildman–Crippen LogP) is 2.20. The fraction of sp³-hybridized carbons (Fsp3) is 0.250. The summed E-state index contributed by atoms with van der Waals surface area (Å²) >= 11 is 1.40. The molecule has 0 aromatic carbocycles. The number of nitrogen functional groups attached to an aromatic ring is 1. The number of nitrogens with one attached hydrogen (secondary N) is 2. The van der Waals surface area contributed by atoms with Gasteiger partial charge >= 0.3 is 0 Å². The third-order valence-corrected chi connectivity index (χ3v) is 3.30. The molecule has 0 saturated heterocycles. The maximum absolute atomic E-state index is 12.1. The summed E-state index contributed by atoms with van der Waals surface area (Å²) in [6.45, 7) is 4.11. The van der Waals surface area contributed by atoms with Crippen molar-refractivity contribution in [1.29, 1.82) is 0 Å². The summed E-state index contributed by atoms with van der Waals surface area (Å²) in [5.74, 6) is 5.70. The maximum Gasteiger partial charge on any atom is 0.261 e. The molecule has 2 aromatic heterocycles. The first-order chi connectivity index (χ1) is 9.11. The number of anilines is 2. The van der Waals surface area contributed by atoms with Gasteiger partial charge in [0, 0.05) is 11.6 Å². The number of carbonyl (C=O) groups is 1. The molecule has 0 spiro atoms. The Hall–Kier alpha value is -1.99. The summed E-state index contributed by atoms with van der Waals surface area (Å²) in [5, 5.41) is 5.25. The molecule has 100 valence electrons. The Kier molecular flexibility index (Phi) is 4.08. The number of hydrogen-bond acceptors (Lipinski definition) is 6. The van der Waals surface area contributed by atoms with E-state index in [9.17, 15) is 4.79 Å². The number of rotatable bonds is 4. The lowest BCUT2D eigenvalue weighted by Crippen LogP contribution is -2.18. The number of aromatic nitrogens is 2. The van der Waals surface area contributed by atoms with Crippen LogP contribution in [-0.2, 0) is 0 Å². The van der Waals surface area contributed by atoms with E-state index in [0.717, 1.165) is 5.69 Å². The second-order valence-corrected chi connectivity index (χ2v) is 5.09. The minimum atomic E-state index is -0.286. The molecule has 0 radical (unpaired) electrons. The van der Waals surface area contributed by atoms with E-state index < -0.39 is 0 Å². The fourth-order valence-corrected chi connectivity index (χ4v) is 2.34. The number of carbonyl (C=O) groups excluding carboxylic acids is 1. The molecule has 0 unspecified atom stereocenters. The summed E-state index contributed by atoms with van der Waals surface area (Å²) in [6.07, 6.45) is 1.56. The Morgan fingerprint density at radius 2 is 2.26 bits per heavy atom. The lowest BCUT2D eigenvalue weighted by Gasteiger charge is -2.06. The van der Waals surface area contributed by atoms with Crippen molar-refractivity contribution in [3.05, 3.63) is 35.0 Å². The Bertz CT molecular complexity index is 581. The first-order valence-corrected chi connectivity index (χ1v) is 6.68. The van der Waals surface area contributed by atoms with Crippen molar-refractivity contribution >= 4 is 28.2 Å². The van der Waals surface area contributed by atoms with E-state index in [1.165, 1.54) is 11.3 Å². The van der Waals surface area contributed by atoms with Crippen LogP contribution in [0, 0.1) is 0 Å². The van der Waals surface area contributed by atoms with Crippen molar-refractivity contribution in [2.75, 3.05) is 10.7 Å². The van der Waals surface area contributed by atoms with Crippen molar-refractivity contribution in [2.45, 2.75) is 19.8 Å². The highest BCUT2D eigenvalue weighted by molar-refractivity contribution is 7.14. The second kappa shape index (κ2) is 5.77. The van der Waals surface area contributed by atoms with E-state index in [1.54, 1.807) is 18.3 Å². The number of amides is 1. The van der Waals surface area contributed by atoms with E-state index in [-0.39, 0.29) is 5.91 Å². The summed E-state index contributed by atoms with van der Waals surface area (Å²) in [4.78, 5) is 20.4. The Morgan fingerprint density at radius 1 is 1.47 bits per heavy atom. The van der Waals surface area contributed by atoms with Gasteiger partial charge in [-0.1, -0.05) is 13.8 Å². The Morgan fingerprint density at radius 3 is 2.89 bits per heavy atom. The van der Waals surface area contributed by atoms with Crippen molar-refractivity contribution in [3.8, 4) is 0 Å². The van der Waals surface area contributed by atoms with Crippen LogP contribution in [0.2, 0.25) is 0 Å². The first kappa shape index (κ1) is 13.4. The summed E-state index contributed by atoms with van der Waals surface area (Å²) in [6, 6.07) is 3.33. The zero-order chi connectivity index (χ0) is 13.8. The number of hydrazine groups is 1. The molecule has 1 amide bonds. The van der Waals surface area contributed by atoms with Crippen molar-refractivity contribution in [3.63, 3.8) is 0 Å². The highest BCUT2D eigenvalue weighted by Crippen LogP contribution is 2.22. The van der Waals surface area contributed by atoms with Crippen LogP contribution in [0.25, 0.3) is 0 Å². The molecular formula is C12H15N5OS.